The van der Waals surface area contributed by atoms with Gasteiger partial charge in [0.1, 0.15) is 11.6 Å². The number of nitrogens with zero attached hydrogens (tertiary/aromatic N) is 3. The molecule has 0 bridgehead atoms. The van der Waals surface area contributed by atoms with E-state index in [2.05, 4.69) is 15.5 Å². The predicted octanol–water partition coefficient (Wildman–Crippen LogP) is 4.41. The molecule has 0 radical (unpaired) electrons. The van der Waals surface area contributed by atoms with Gasteiger partial charge in [0.15, 0.2) is 0 Å². The van der Waals surface area contributed by atoms with Gasteiger partial charge in [0.2, 0.25) is 0 Å². The van der Waals surface area contributed by atoms with Gasteiger partial charge >= 0.3 is 6.01 Å². The number of fused-ring (bicyclic) bond motifs is 1. The minimum atomic E-state index is -3.81. The van der Waals surface area contributed by atoms with Crippen molar-refractivity contribution in [1.29, 1.82) is 0 Å². The smallest absolute Gasteiger partial charge is 0.322 e. The molecule has 0 atom stereocenters. The molecule has 4 aromatic rings. The average Bonchev–Trinajstić information content (AvgIpc) is 3.31. The zero-order valence-electron chi connectivity index (χ0n) is 18.1. The number of aromatic nitrogens is 2. The molecule has 2 heterocycles. The van der Waals surface area contributed by atoms with Gasteiger partial charge in [-0.1, -0.05) is 23.3 Å². The molecule has 1 aromatic heterocycles. The molecule has 3 aromatic carbocycles. The number of nitrogens with one attached hydrogen (secondary N) is 1. The van der Waals surface area contributed by atoms with Crippen molar-refractivity contribution in [2.45, 2.75) is 17.7 Å². The van der Waals surface area contributed by atoms with Gasteiger partial charge in [0.05, 0.1) is 16.1 Å². The van der Waals surface area contributed by atoms with Crippen molar-refractivity contribution >= 4 is 27.6 Å². The van der Waals surface area contributed by atoms with Gasteiger partial charge in [0, 0.05) is 18.2 Å². The quantitative estimate of drug-likeness (QED) is 0.439. The van der Waals surface area contributed by atoms with E-state index >= 15 is 0 Å². The van der Waals surface area contributed by atoms with Crippen LogP contribution >= 0.6 is 0 Å². The van der Waals surface area contributed by atoms with Crippen molar-refractivity contribution in [2.75, 3.05) is 16.2 Å². The second kappa shape index (κ2) is 8.91. The van der Waals surface area contributed by atoms with Crippen LogP contribution in [-0.4, -0.2) is 31.1 Å². The van der Waals surface area contributed by atoms with Gasteiger partial charge in [-0.25, -0.2) is 17.2 Å². The van der Waals surface area contributed by atoms with Crippen LogP contribution < -0.4 is 9.62 Å². The summed E-state index contributed by atoms with van der Waals surface area (Å²) in [6.45, 7) is 0.371. The number of benzene rings is 3. The highest BCUT2D eigenvalue weighted by molar-refractivity contribution is 7.92. The maximum Gasteiger partial charge on any atom is 0.322 e. The molecule has 35 heavy (non-hydrogen) atoms. The Balaban J connectivity index is 1.32. The van der Waals surface area contributed by atoms with Crippen LogP contribution in [0.15, 0.2) is 76.0 Å². The van der Waals surface area contributed by atoms with E-state index in [0.29, 0.717) is 24.7 Å². The molecule has 0 fully saturated rings. The van der Waals surface area contributed by atoms with E-state index in [1.807, 2.05) is 12.1 Å². The molecule has 5 rings (SSSR count). The predicted molar refractivity (Wildman–Crippen MR) is 123 cm³/mol. The topological polar surface area (TPSA) is 105 Å². The first kappa shape index (κ1) is 22.7. The Morgan fingerprint density at radius 1 is 1.00 bits per heavy atom. The van der Waals surface area contributed by atoms with Gasteiger partial charge < -0.3 is 4.42 Å². The molecule has 1 aliphatic rings. The summed E-state index contributed by atoms with van der Waals surface area (Å²) in [6.07, 6.45) is 1.53. The van der Waals surface area contributed by atoms with E-state index in [1.165, 1.54) is 28.6 Å². The molecule has 1 N–H and O–H groups in total. The molecule has 0 saturated heterocycles. The minimum Gasteiger partial charge on any atom is -0.403 e. The number of hydrogen-bond acceptors (Lipinski definition) is 6. The number of rotatable bonds is 5. The third-order valence-corrected chi connectivity index (χ3v) is 7.41. The molecular formula is C24H18F2N4O4S. The van der Waals surface area contributed by atoms with Crippen LogP contribution in [0.5, 0.6) is 0 Å². The Hall–Kier alpha value is -4.12. The normalized spacial score (nSPS) is 13.4. The summed E-state index contributed by atoms with van der Waals surface area (Å²) in [7, 11) is -3.81. The minimum absolute atomic E-state index is 0.0533. The Bertz CT molecular complexity index is 1520. The summed E-state index contributed by atoms with van der Waals surface area (Å²) in [5.74, 6) is -2.51. The van der Waals surface area contributed by atoms with Crippen LogP contribution in [0, 0.1) is 11.6 Å². The molecule has 1 amide bonds. The molecule has 11 heteroatoms. The van der Waals surface area contributed by atoms with Crippen LogP contribution in [0.2, 0.25) is 0 Å². The summed E-state index contributed by atoms with van der Waals surface area (Å²) in [5, 5.41) is 9.69. The second-order valence-electron chi connectivity index (χ2n) is 7.82. The molecule has 0 spiro atoms. The highest BCUT2D eigenvalue weighted by atomic mass is 32.2. The first-order chi connectivity index (χ1) is 16.8. The van der Waals surface area contributed by atoms with Crippen LogP contribution in [0.1, 0.15) is 22.3 Å². The lowest BCUT2D eigenvalue weighted by Gasteiger charge is -2.30. The van der Waals surface area contributed by atoms with E-state index in [1.54, 1.807) is 12.1 Å². The fraction of sp³-hybridized carbons (Fsp3) is 0.125. The Labute approximate surface area is 199 Å². The van der Waals surface area contributed by atoms with Crippen molar-refractivity contribution in [3.8, 4) is 11.5 Å². The number of para-hydroxylation sites is 1. The van der Waals surface area contributed by atoms with Gasteiger partial charge in [-0.05, 0) is 60.9 Å². The zero-order chi connectivity index (χ0) is 24.6. The Kier molecular flexibility index (Phi) is 5.77. The molecule has 8 nitrogen and oxygen atoms in total. The third kappa shape index (κ3) is 4.37. The van der Waals surface area contributed by atoms with Gasteiger partial charge in [-0.2, -0.15) is 0 Å². The molecular weight excluding hydrogens is 478 g/mol. The molecule has 0 unspecified atom stereocenters. The fourth-order valence-corrected chi connectivity index (χ4v) is 5.41. The summed E-state index contributed by atoms with van der Waals surface area (Å²) in [6, 6.07) is 15.4. The Morgan fingerprint density at radius 2 is 1.77 bits per heavy atom. The number of hydrogen-bond donors (Lipinski definition) is 1. The van der Waals surface area contributed by atoms with Crippen LogP contribution in [0.3, 0.4) is 0 Å². The lowest BCUT2D eigenvalue weighted by Crippen LogP contribution is -2.35. The SMILES string of the molecule is O=C(Nc1nnc(-c2ccc(F)cc2F)o1)c1ccc(S(=O)(=O)N2CCCc3ccccc32)cc1. The largest absolute Gasteiger partial charge is 0.403 e. The number of sulfonamides is 1. The maximum atomic E-state index is 13.9. The fourth-order valence-electron chi connectivity index (χ4n) is 3.87. The number of carbonyl (C=O) groups excluding carboxylic acids is 1. The number of halogens is 2. The van der Waals surface area contributed by atoms with Crippen molar-refractivity contribution in [2.24, 2.45) is 0 Å². The number of aryl methyl sites for hydroxylation is 1. The lowest BCUT2D eigenvalue weighted by atomic mass is 10.0. The van der Waals surface area contributed by atoms with Crippen LogP contribution in [0.25, 0.3) is 11.5 Å². The van der Waals surface area contributed by atoms with Crippen molar-refractivity contribution in [3.63, 3.8) is 0 Å². The lowest BCUT2D eigenvalue weighted by molar-refractivity contribution is 0.102. The van der Waals surface area contributed by atoms with Crippen LogP contribution in [-0.2, 0) is 16.4 Å². The highest BCUT2D eigenvalue weighted by Gasteiger charge is 2.29. The second-order valence-corrected chi connectivity index (χ2v) is 9.69. The molecule has 0 saturated carbocycles. The van der Waals surface area contributed by atoms with E-state index in [4.69, 9.17) is 4.42 Å². The third-order valence-electron chi connectivity index (χ3n) is 5.58. The first-order valence-electron chi connectivity index (χ1n) is 10.6. The van der Waals surface area contributed by atoms with Gasteiger partial charge in [-0.3, -0.25) is 14.4 Å². The van der Waals surface area contributed by atoms with E-state index in [9.17, 15) is 22.0 Å². The van der Waals surface area contributed by atoms with E-state index in [-0.39, 0.29) is 27.9 Å². The number of carbonyl (C=O) groups is 1. The number of anilines is 2. The van der Waals surface area contributed by atoms with Gasteiger partial charge in [-0.15, -0.1) is 5.10 Å². The summed E-state index contributed by atoms with van der Waals surface area (Å²) >= 11 is 0. The number of amides is 1. The van der Waals surface area contributed by atoms with E-state index in [0.717, 1.165) is 24.1 Å². The average molecular weight is 496 g/mol. The summed E-state index contributed by atoms with van der Waals surface area (Å²) < 4.78 is 60.1. The monoisotopic (exact) mass is 496 g/mol. The van der Waals surface area contributed by atoms with E-state index < -0.39 is 27.6 Å². The maximum absolute atomic E-state index is 13.9. The summed E-state index contributed by atoms with van der Waals surface area (Å²) in [4.78, 5) is 12.6. The molecule has 1 aliphatic heterocycles. The summed E-state index contributed by atoms with van der Waals surface area (Å²) in [5.41, 5.74) is 1.66. The van der Waals surface area contributed by atoms with Crippen molar-refractivity contribution in [1.82, 2.24) is 10.2 Å². The highest BCUT2D eigenvalue weighted by Crippen LogP contribution is 2.32. The standard InChI is InChI=1S/C24H18F2N4O4S/c25-17-9-12-19(20(26)14-17)23-28-29-24(34-23)27-22(31)16-7-10-18(11-8-16)35(32,33)30-13-3-5-15-4-1-2-6-21(15)30/h1-2,4,6-12,14H,3,5,13H2,(H,27,29,31). The van der Waals surface area contributed by atoms with Crippen molar-refractivity contribution < 1.29 is 26.4 Å². The Morgan fingerprint density at radius 3 is 2.54 bits per heavy atom. The first-order valence-corrected chi connectivity index (χ1v) is 12.1. The van der Waals surface area contributed by atoms with Gasteiger partial charge in [0.25, 0.3) is 21.8 Å². The molecule has 0 aliphatic carbocycles. The van der Waals surface area contributed by atoms with Crippen molar-refractivity contribution in [3.05, 3.63) is 89.5 Å². The van der Waals surface area contributed by atoms with Crippen LogP contribution in [0.4, 0.5) is 20.5 Å². The molecule has 178 valence electrons. The zero-order valence-corrected chi connectivity index (χ0v) is 18.9.